The van der Waals surface area contributed by atoms with Crippen molar-refractivity contribution in [1.29, 1.82) is 0 Å². The Balaban J connectivity index is 1.80. The Bertz CT molecular complexity index is 1770. The first-order chi connectivity index (χ1) is 19.5. The molecule has 3 aromatic heterocycles. The van der Waals surface area contributed by atoms with E-state index in [1.807, 2.05) is 11.8 Å². The number of carbonyl (C=O) groups is 1. The Kier molecular flexibility index (Phi) is 7.41. The van der Waals surface area contributed by atoms with E-state index in [1.165, 1.54) is 23.0 Å². The lowest BCUT2D eigenvalue weighted by molar-refractivity contribution is 0.00268. The number of pyridine rings is 2. The van der Waals surface area contributed by atoms with Crippen LogP contribution in [0.3, 0.4) is 0 Å². The molecule has 216 valence electrons. The molecular weight excluding hydrogens is 538 g/mol. The van der Waals surface area contributed by atoms with E-state index in [2.05, 4.69) is 15.3 Å². The Hall–Kier alpha value is -4.49. The van der Waals surface area contributed by atoms with Gasteiger partial charge in [-0.25, -0.2) is 18.6 Å². The topological polar surface area (TPSA) is 159 Å². The molecule has 0 saturated carbocycles. The van der Waals surface area contributed by atoms with Gasteiger partial charge in [0.2, 0.25) is 5.43 Å². The Morgan fingerprint density at radius 1 is 1.39 bits per heavy atom. The van der Waals surface area contributed by atoms with Gasteiger partial charge in [-0.3, -0.25) is 4.79 Å². The van der Waals surface area contributed by atoms with Crippen molar-refractivity contribution in [1.82, 2.24) is 19.4 Å². The van der Waals surface area contributed by atoms with Gasteiger partial charge in [0.05, 0.1) is 52.9 Å². The monoisotopic (exact) mass is 568 g/mol. The number of halogens is 2. The van der Waals surface area contributed by atoms with Gasteiger partial charge in [0.25, 0.3) is 0 Å². The van der Waals surface area contributed by atoms with Crippen LogP contribution in [0.25, 0.3) is 33.7 Å². The van der Waals surface area contributed by atoms with Crippen molar-refractivity contribution in [2.45, 2.75) is 26.0 Å². The third-order valence-corrected chi connectivity index (χ3v) is 7.27. The van der Waals surface area contributed by atoms with Crippen molar-refractivity contribution in [3.05, 3.63) is 63.1 Å². The predicted molar refractivity (Wildman–Crippen MR) is 152 cm³/mol. The van der Waals surface area contributed by atoms with Gasteiger partial charge in [-0.2, -0.15) is 0 Å². The van der Waals surface area contributed by atoms with Crippen LogP contribution in [0.1, 0.15) is 41.4 Å². The number of benzene rings is 1. The third-order valence-electron chi connectivity index (χ3n) is 7.27. The number of fused-ring (bicyclic) bond motifs is 2. The number of aliphatic hydroxyl groups excluding tert-OH is 1. The number of carboxylic acids is 1. The lowest BCUT2D eigenvalue weighted by Crippen LogP contribution is -2.39. The molecule has 1 aromatic carbocycles. The first kappa shape index (κ1) is 28.1. The molecule has 0 unspecified atom stereocenters. The van der Waals surface area contributed by atoms with Gasteiger partial charge in [0, 0.05) is 44.3 Å². The van der Waals surface area contributed by atoms with Crippen molar-refractivity contribution in [3.63, 3.8) is 0 Å². The molecule has 1 aliphatic heterocycles. The average molecular weight is 569 g/mol. The number of nitrogen functional groups attached to an aromatic ring is 1. The molecule has 1 fully saturated rings. The average Bonchev–Trinajstić information content (AvgIpc) is 3.30. The van der Waals surface area contributed by atoms with Crippen LogP contribution in [0.4, 0.5) is 20.3 Å². The van der Waals surface area contributed by atoms with Crippen LogP contribution in [0.15, 0.2) is 29.3 Å². The molecule has 0 bridgehead atoms. The number of H-pyrrole nitrogens is 1. The minimum Gasteiger partial charge on any atom is -0.477 e. The van der Waals surface area contributed by atoms with Gasteiger partial charge in [-0.05, 0) is 31.6 Å². The fourth-order valence-electron chi connectivity index (χ4n) is 5.21. The number of morpholine rings is 1. The zero-order valence-corrected chi connectivity index (χ0v) is 22.7. The molecular formula is C28H30F2N6O5. The van der Waals surface area contributed by atoms with Gasteiger partial charge in [-0.1, -0.05) is 0 Å². The quantitative estimate of drug-likeness (QED) is 0.226. The fraction of sp³-hybridized carbons (Fsp3) is 0.321. The van der Waals surface area contributed by atoms with Crippen molar-refractivity contribution >= 4 is 51.2 Å². The van der Waals surface area contributed by atoms with E-state index in [-0.39, 0.29) is 46.0 Å². The van der Waals surface area contributed by atoms with Crippen LogP contribution >= 0.6 is 0 Å². The second-order valence-electron chi connectivity index (χ2n) is 10.0. The highest BCUT2D eigenvalue weighted by molar-refractivity contribution is 6.06. The molecule has 4 heterocycles. The number of carboxylic acid groups (broad SMARTS) is 1. The van der Waals surface area contributed by atoms with E-state index < -0.39 is 34.6 Å². The summed E-state index contributed by atoms with van der Waals surface area (Å²) in [6.07, 6.45) is 4.13. The van der Waals surface area contributed by atoms with E-state index in [0.29, 0.717) is 36.6 Å². The molecule has 4 aromatic rings. The lowest BCUT2D eigenvalue weighted by atomic mass is 10.0. The molecule has 0 aliphatic carbocycles. The van der Waals surface area contributed by atoms with E-state index in [0.717, 1.165) is 6.07 Å². The summed E-state index contributed by atoms with van der Waals surface area (Å²) in [6.45, 7) is 4.45. The standard InChI is InChI=1S/C28H30F2N6O5/c1-13(12-37)36-11-17(28(39)40)25(38)16-6-15(9-33-27(16)36)7-20(35-4-5-41-14(2)10-35)21-22-23(30)18(29)8-19(32-3)24(22)34-26(21)31/h6-9,11,13-14,32,34,37H,4-5,10,12,31H2,1-3H3,(H,39,40)/b20-7-/t13-,14-/m0/s1. The number of aromatic amines is 1. The van der Waals surface area contributed by atoms with E-state index >= 15 is 4.39 Å². The highest BCUT2D eigenvalue weighted by Crippen LogP contribution is 2.40. The molecule has 0 amide bonds. The molecule has 0 spiro atoms. The number of hydrogen-bond acceptors (Lipinski definition) is 8. The number of nitrogens with zero attached hydrogens (tertiary/aromatic N) is 3. The first-order valence-electron chi connectivity index (χ1n) is 13.0. The normalized spacial score (nSPS) is 16.9. The Morgan fingerprint density at radius 2 is 2.15 bits per heavy atom. The molecule has 11 nitrogen and oxygen atoms in total. The number of nitrogens with two attached hydrogens (primary N) is 1. The molecule has 41 heavy (non-hydrogen) atoms. The summed E-state index contributed by atoms with van der Waals surface area (Å²) < 4.78 is 37.2. The molecule has 0 radical (unpaired) electrons. The van der Waals surface area contributed by atoms with Crippen molar-refractivity contribution in [2.75, 3.05) is 44.4 Å². The van der Waals surface area contributed by atoms with Crippen molar-refractivity contribution in [2.24, 2.45) is 0 Å². The van der Waals surface area contributed by atoms with Crippen LogP contribution in [0.2, 0.25) is 0 Å². The minimum absolute atomic E-state index is 0.0234. The predicted octanol–water partition coefficient (Wildman–Crippen LogP) is 3.25. The number of aromatic carboxylic acids is 1. The number of ether oxygens (including phenoxy) is 1. The number of rotatable bonds is 7. The maximum atomic E-state index is 15.4. The zero-order valence-electron chi connectivity index (χ0n) is 22.7. The van der Waals surface area contributed by atoms with Crippen molar-refractivity contribution in [3.8, 4) is 0 Å². The zero-order chi connectivity index (χ0) is 29.6. The van der Waals surface area contributed by atoms with Crippen LogP contribution in [-0.4, -0.2) is 75.1 Å². The van der Waals surface area contributed by atoms with Gasteiger partial charge < -0.3 is 40.5 Å². The maximum absolute atomic E-state index is 15.4. The second-order valence-corrected chi connectivity index (χ2v) is 10.0. The first-order valence-corrected chi connectivity index (χ1v) is 13.0. The van der Waals surface area contributed by atoms with Crippen LogP contribution < -0.4 is 16.5 Å². The molecule has 13 heteroatoms. The fourth-order valence-corrected chi connectivity index (χ4v) is 5.21. The Morgan fingerprint density at radius 3 is 2.80 bits per heavy atom. The summed E-state index contributed by atoms with van der Waals surface area (Å²) in [4.78, 5) is 34.3. The smallest absolute Gasteiger partial charge is 0.341 e. The number of aromatic nitrogens is 3. The molecule has 1 aliphatic rings. The summed E-state index contributed by atoms with van der Waals surface area (Å²) in [6, 6.07) is 1.98. The summed E-state index contributed by atoms with van der Waals surface area (Å²) in [5, 5.41) is 22.2. The highest BCUT2D eigenvalue weighted by atomic mass is 19.2. The second kappa shape index (κ2) is 10.8. The van der Waals surface area contributed by atoms with E-state index in [9.17, 15) is 24.2 Å². The van der Waals surface area contributed by atoms with E-state index in [4.69, 9.17) is 10.5 Å². The van der Waals surface area contributed by atoms with Gasteiger partial charge >= 0.3 is 5.97 Å². The highest BCUT2D eigenvalue weighted by Gasteiger charge is 2.28. The number of aliphatic hydroxyl groups is 1. The van der Waals surface area contributed by atoms with Crippen LogP contribution in [-0.2, 0) is 4.74 Å². The lowest BCUT2D eigenvalue weighted by Gasteiger charge is -2.35. The van der Waals surface area contributed by atoms with E-state index in [1.54, 1.807) is 20.0 Å². The largest absolute Gasteiger partial charge is 0.477 e. The SMILES string of the molecule is CNc1cc(F)c(F)c2c(/C(=C/c3cnc4c(c3)c(=O)c(C(=O)O)cn4[C@@H](C)CO)N3CCO[C@@H](C)C3)c(N)[nH]c12. The Labute approximate surface area is 232 Å². The molecule has 2 atom stereocenters. The molecule has 6 N–H and O–H groups in total. The summed E-state index contributed by atoms with van der Waals surface area (Å²) in [7, 11) is 1.58. The number of nitrogens with one attached hydrogen (secondary N) is 2. The van der Waals surface area contributed by atoms with Crippen LogP contribution in [0.5, 0.6) is 0 Å². The number of anilines is 2. The number of hydrogen-bond donors (Lipinski definition) is 5. The van der Waals surface area contributed by atoms with Gasteiger partial charge in [0.1, 0.15) is 17.0 Å². The third kappa shape index (κ3) is 4.87. The van der Waals surface area contributed by atoms with Gasteiger partial charge in [0.15, 0.2) is 11.6 Å². The van der Waals surface area contributed by atoms with Gasteiger partial charge in [-0.15, -0.1) is 0 Å². The maximum Gasteiger partial charge on any atom is 0.341 e. The van der Waals surface area contributed by atoms with Crippen molar-refractivity contribution < 1.29 is 28.5 Å². The summed E-state index contributed by atoms with van der Waals surface area (Å²) in [5.41, 5.74) is 7.05. The van der Waals surface area contributed by atoms with Crippen LogP contribution in [0, 0.1) is 11.6 Å². The summed E-state index contributed by atoms with van der Waals surface area (Å²) >= 11 is 0. The summed E-state index contributed by atoms with van der Waals surface area (Å²) in [5.74, 6) is -3.43. The molecule has 5 rings (SSSR count). The minimum atomic E-state index is -1.41. The molecule has 1 saturated heterocycles.